The lowest BCUT2D eigenvalue weighted by Crippen LogP contribution is -2.24. The van der Waals surface area contributed by atoms with Gasteiger partial charge in [-0.3, -0.25) is 0 Å². The average molecular weight is 313 g/mol. The first-order valence-corrected chi connectivity index (χ1v) is 7.22. The summed E-state index contributed by atoms with van der Waals surface area (Å²) < 4.78 is 10.2. The van der Waals surface area contributed by atoms with Gasteiger partial charge >= 0.3 is 11.9 Å². The van der Waals surface area contributed by atoms with Crippen LogP contribution in [0.15, 0.2) is 48.6 Å². The first-order chi connectivity index (χ1) is 11.0. The van der Waals surface area contributed by atoms with Gasteiger partial charge in [-0.05, 0) is 18.9 Å². The van der Waals surface area contributed by atoms with E-state index >= 15 is 0 Å². The zero-order valence-corrected chi connectivity index (χ0v) is 13.2. The highest BCUT2D eigenvalue weighted by Crippen LogP contribution is 2.14. The molecule has 0 aromatic heterocycles. The van der Waals surface area contributed by atoms with Crippen molar-refractivity contribution in [3.8, 4) is 6.07 Å². The van der Waals surface area contributed by atoms with Crippen molar-refractivity contribution in [2.75, 3.05) is 0 Å². The van der Waals surface area contributed by atoms with Crippen molar-refractivity contribution in [1.29, 1.82) is 5.26 Å². The molecule has 0 spiro atoms. The molecule has 1 atom stereocenters. The fraction of sp³-hybridized carbons (Fsp3) is 0.278. The predicted molar refractivity (Wildman–Crippen MR) is 85.7 cm³/mol. The quantitative estimate of drug-likeness (QED) is 0.334. The van der Waals surface area contributed by atoms with Gasteiger partial charge in [0.05, 0.1) is 5.57 Å². The Morgan fingerprint density at radius 1 is 1.30 bits per heavy atom. The van der Waals surface area contributed by atoms with E-state index in [1.165, 1.54) is 6.92 Å². The number of allylic oxidation sites excluding steroid dienone is 1. The van der Waals surface area contributed by atoms with Crippen molar-refractivity contribution >= 4 is 17.5 Å². The van der Waals surface area contributed by atoms with Gasteiger partial charge in [0.1, 0.15) is 6.07 Å². The summed E-state index contributed by atoms with van der Waals surface area (Å²) >= 11 is 0. The number of ether oxygens (including phenoxy) is 2. The number of benzene rings is 1. The van der Waals surface area contributed by atoms with E-state index in [0.717, 1.165) is 6.08 Å². The molecular weight excluding hydrogens is 294 g/mol. The van der Waals surface area contributed by atoms with Crippen LogP contribution in [0, 0.1) is 11.3 Å². The Morgan fingerprint density at radius 3 is 2.48 bits per heavy atom. The fourth-order valence-electron chi connectivity index (χ4n) is 1.68. The second kappa shape index (κ2) is 9.21. The lowest BCUT2D eigenvalue weighted by Gasteiger charge is -2.16. The number of carbonyl (C=O) groups excluding carboxylic acids is 2. The minimum Gasteiger partial charge on any atom is -0.422 e. The SMILES string of the molecule is C=C(C)C(=O)OC(CCC)OC(=O)C=C(C#N)c1ccccc1. The largest absolute Gasteiger partial charge is 0.422 e. The van der Waals surface area contributed by atoms with Gasteiger partial charge in [0.15, 0.2) is 0 Å². The smallest absolute Gasteiger partial charge is 0.336 e. The Kier molecular flexibility index (Phi) is 7.28. The molecule has 0 saturated heterocycles. The predicted octanol–water partition coefficient (Wildman–Crippen LogP) is 3.38. The third-order valence-electron chi connectivity index (χ3n) is 2.83. The maximum Gasteiger partial charge on any atom is 0.336 e. The van der Waals surface area contributed by atoms with E-state index < -0.39 is 18.2 Å². The molecule has 120 valence electrons. The Hall–Kier alpha value is -2.87. The Labute approximate surface area is 135 Å². The van der Waals surface area contributed by atoms with E-state index in [4.69, 9.17) is 14.7 Å². The van der Waals surface area contributed by atoms with E-state index in [9.17, 15) is 9.59 Å². The number of hydrogen-bond acceptors (Lipinski definition) is 5. The molecule has 0 heterocycles. The standard InChI is InChI=1S/C18H19NO4/c1-4-8-17(23-18(21)13(2)3)22-16(20)11-15(12-19)14-9-6-5-7-10-14/h5-7,9-11,17H,2,4,8H2,1,3H3. The molecule has 0 bridgehead atoms. The second-order valence-electron chi connectivity index (χ2n) is 4.88. The van der Waals surface area contributed by atoms with Gasteiger partial charge in [0.2, 0.25) is 6.29 Å². The molecule has 0 saturated carbocycles. The first kappa shape index (κ1) is 18.2. The van der Waals surface area contributed by atoms with Gasteiger partial charge in [-0.25, -0.2) is 9.59 Å². The molecule has 0 fully saturated rings. The number of nitrogens with zero attached hydrogens (tertiary/aromatic N) is 1. The molecule has 0 radical (unpaired) electrons. The summed E-state index contributed by atoms with van der Waals surface area (Å²) in [6.07, 6.45) is 1.12. The molecule has 0 amide bonds. The summed E-state index contributed by atoms with van der Waals surface area (Å²) in [6, 6.07) is 10.7. The highest BCUT2D eigenvalue weighted by atomic mass is 16.7. The molecule has 5 nitrogen and oxygen atoms in total. The number of rotatable bonds is 7. The zero-order valence-electron chi connectivity index (χ0n) is 13.2. The van der Waals surface area contributed by atoms with Crippen molar-refractivity contribution in [3.63, 3.8) is 0 Å². The van der Waals surface area contributed by atoms with Crippen LogP contribution in [0.25, 0.3) is 5.57 Å². The van der Waals surface area contributed by atoms with Crippen molar-refractivity contribution in [1.82, 2.24) is 0 Å². The molecule has 1 unspecified atom stereocenters. The van der Waals surface area contributed by atoms with E-state index in [1.807, 2.05) is 19.1 Å². The van der Waals surface area contributed by atoms with E-state index in [2.05, 4.69) is 6.58 Å². The molecule has 0 aliphatic heterocycles. The van der Waals surface area contributed by atoms with Crippen LogP contribution in [-0.2, 0) is 19.1 Å². The lowest BCUT2D eigenvalue weighted by molar-refractivity contribution is -0.182. The molecule has 1 rings (SSSR count). The maximum atomic E-state index is 12.0. The Bertz CT molecular complexity index is 641. The molecule has 0 aliphatic carbocycles. The van der Waals surface area contributed by atoms with Gasteiger partial charge in [-0.1, -0.05) is 43.8 Å². The van der Waals surface area contributed by atoms with E-state index in [1.54, 1.807) is 24.3 Å². The van der Waals surface area contributed by atoms with Crippen LogP contribution in [0.3, 0.4) is 0 Å². The molecular formula is C18H19NO4. The lowest BCUT2D eigenvalue weighted by atomic mass is 10.1. The van der Waals surface area contributed by atoms with Crippen molar-refractivity contribution in [3.05, 3.63) is 54.1 Å². The number of nitriles is 1. The summed E-state index contributed by atoms with van der Waals surface area (Å²) in [4.78, 5) is 23.5. The average Bonchev–Trinajstić information content (AvgIpc) is 2.53. The first-order valence-electron chi connectivity index (χ1n) is 7.22. The van der Waals surface area contributed by atoms with Crippen LogP contribution < -0.4 is 0 Å². The summed E-state index contributed by atoms with van der Waals surface area (Å²) in [6.45, 7) is 6.86. The van der Waals surface area contributed by atoms with Crippen LogP contribution in [0.4, 0.5) is 0 Å². The normalized spacial score (nSPS) is 12.0. The van der Waals surface area contributed by atoms with Gasteiger partial charge in [0.25, 0.3) is 0 Å². The Balaban J connectivity index is 2.82. The molecule has 0 aliphatic rings. The van der Waals surface area contributed by atoms with Crippen LogP contribution in [-0.4, -0.2) is 18.2 Å². The highest BCUT2D eigenvalue weighted by Gasteiger charge is 2.18. The summed E-state index contributed by atoms with van der Waals surface area (Å²) in [5, 5.41) is 9.16. The molecule has 5 heteroatoms. The summed E-state index contributed by atoms with van der Waals surface area (Å²) in [5.74, 6) is -1.36. The fourth-order valence-corrected chi connectivity index (χ4v) is 1.68. The third kappa shape index (κ3) is 6.18. The topological polar surface area (TPSA) is 76.4 Å². The maximum absolute atomic E-state index is 12.0. The van der Waals surface area contributed by atoms with Crippen LogP contribution in [0.5, 0.6) is 0 Å². The van der Waals surface area contributed by atoms with E-state index in [-0.39, 0.29) is 11.1 Å². The monoisotopic (exact) mass is 313 g/mol. The Morgan fingerprint density at radius 2 is 1.96 bits per heavy atom. The molecule has 23 heavy (non-hydrogen) atoms. The van der Waals surface area contributed by atoms with Gasteiger partial charge in [-0.15, -0.1) is 0 Å². The van der Waals surface area contributed by atoms with Gasteiger partial charge in [-0.2, -0.15) is 5.26 Å². The van der Waals surface area contributed by atoms with Crippen LogP contribution >= 0.6 is 0 Å². The van der Waals surface area contributed by atoms with Crippen LogP contribution in [0.1, 0.15) is 32.3 Å². The number of esters is 2. The second-order valence-corrected chi connectivity index (χ2v) is 4.88. The highest BCUT2D eigenvalue weighted by molar-refractivity contribution is 5.95. The molecule has 0 N–H and O–H groups in total. The summed E-state index contributed by atoms with van der Waals surface area (Å²) in [5.41, 5.74) is 1.01. The van der Waals surface area contributed by atoms with E-state index in [0.29, 0.717) is 18.4 Å². The summed E-state index contributed by atoms with van der Waals surface area (Å²) in [7, 11) is 0. The molecule has 1 aromatic rings. The van der Waals surface area contributed by atoms with Gasteiger partial charge < -0.3 is 9.47 Å². The molecule has 1 aromatic carbocycles. The third-order valence-corrected chi connectivity index (χ3v) is 2.83. The van der Waals surface area contributed by atoms with Gasteiger partial charge in [0, 0.05) is 18.1 Å². The van der Waals surface area contributed by atoms with Crippen molar-refractivity contribution in [2.24, 2.45) is 0 Å². The minimum absolute atomic E-state index is 0.178. The minimum atomic E-state index is -0.997. The zero-order chi connectivity index (χ0) is 17.2. The number of carbonyl (C=O) groups is 2. The number of hydrogen-bond donors (Lipinski definition) is 0. The van der Waals surface area contributed by atoms with Crippen molar-refractivity contribution in [2.45, 2.75) is 33.0 Å². The van der Waals surface area contributed by atoms with Crippen LogP contribution in [0.2, 0.25) is 0 Å². The van der Waals surface area contributed by atoms with Crippen molar-refractivity contribution < 1.29 is 19.1 Å².